The van der Waals surface area contributed by atoms with E-state index < -0.39 is 6.04 Å². The fraction of sp³-hybridized carbons (Fsp3) is 0.321. The van der Waals surface area contributed by atoms with Gasteiger partial charge in [-0.15, -0.1) is 11.3 Å². The van der Waals surface area contributed by atoms with Crippen LogP contribution in [0.2, 0.25) is 10.0 Å². The number of nitrogens with zero attached hydrogens (tertiary/aromatic N) is 2. The van der Waals surface area contributed by atoms with Gasteiger partial charge in [0.25, 0.3) is 0 Å². The maximum Gasteiger partial charge on any atom is 0.246 e. The number of amides is 3. The number of aromatic hydroxyl groups is 1. The molecule has 0 radical (unpaired) electrons. The molecule has 3 aromatic rings. The minimum Gasteiger partial charge on any atom is -0.508 e. The van der Waals surface area contributed by atoms with Gasteiger partial charge in [0.1, 0.15) is 11.8 Å². The maximum absolute atomic E-state index is 13.5. The molecular formula is C28H29Cl2N3O4S. The Hall–Kier alpha value is -3.07. The molecule has 200 valence electrons. The zero-order valence-electron chi connectivity index (χ0n) is 20.7. The second kappa shape index (κ2) is 13.1. The Morgan fingerprint density at radius 3 is 2.53 bits per heavy atom. The summed E-state index contributed by atoms with van der Waals surface area (Å²) in [5.74, 6) is -0.526. The molecule has 1 aromatic heterocycles. The van der Waals surface area contributed by atoms with Gasteiger partial charge in [0.2, 0.25) is 17.7 Å². The number of phenolic OH excluding ortho intramolecular Hbond substituents is 1. The molecule has 4 rings (SSSR count). The van der Waals surface area contributed by atoms with E-state index in [1.54, 1.807) is 52.6 Å². The van der Waals surface area contributed by atoms with Gasteiger partial charge in [-0.1, -0.05) is 47.5 Å². The molecule has 3 amide bonds. The average molecular weight is 575 g/mol. The summed E-state index contributed by atoms with van der Waals surface area (Å²) >= 11 is 13.9. The Bertz CT molecular complexity index is 1270. The van der Waals surface area contributed by atoms with Gasteiger partial charge >= 0.3 is 0 Å². The van der Waals surface area contributed by atoms with Crippen molar-refractivity contribution in [3.05, 3.63) is 86.0 Å². The molecule has 10 heteroatoms. The smallest absolute Gasteiger partial charge is 0.246 e. The summed E-state index contributed by atoms with van der Waals surface area (Å²) in [7, 11) is 0. The lowest BCUT2D eigenvalue weighted by Gasteiger charge is -2.40. The number of phenols is 1. The topological polar surface area (TPSA) is 90.0 Å². The van der Waals surface area contributed by atoms with Crippen LogP contribution in [0.1, 0.15) is 22.4 Å². The molecule has 2 N–H and O–H groups in total. The van der Waals surface area contributed by atoms with Gasteiger partial charge in [-0.3, -0.25) is 14.4 Å². The van der Waals surface area contributed by atoms with Gasteiger partial charge in [-0.05, 0) is 66.1 Å². The summed E-state index contributed by atoms with van der Waals surface area (Å²) in [5.41, 5.74) is 1.80. The third-order valence-electron chi connectivity index (χ3n) is 6.52. The van der Waals surface area contributed by atoms with Crippen molar-refractivity contribution in [3.63, 3.8) is 0 Å². The molecule has 0 bridgehead atoms. The third-order valence-corrected chi connectivity index (χ3v) is 8.04. The lowest BCUT2D eigenvalue weighted by molar-refractivity contribution is -0.157. The summed E-state index contributed by atoms with van der Waals surface area (Å²) < 4.78 is 0. The van der Waals surface area contributed by atoms with E-state index in [-0.39, 0.29) is 36.4 Å². The predicted octanol–water partition coefficient (Wildman–Crippen LogP) is 4.33. The van der Waals surface area contributed by atoms with Crippen molar-refractivity contribution in [2.75, 3.05) is 26.2 Å². The SMILES string of the molecule is O=C(CC1C(=O)N(CCc2ccc(Cl)cc2Cl)CC(=O)N1CCc1cccs1)NCCc1ccc(O)cc1. The van der Waals surface area contributed by atoms with Crippen LogP contribution in [0.4, 0.5) is 0 Å². The molecule has 0 spiro atoms. The molecule has 1 atom stereocenters. The van der Waals surface area contributed by atoms with E-state index in [0.717, 1.165) is 16.0 Å². The Kier molecular flexibility index (Phi) is 9.66. The molecule has 2 heterocycles. The highest BCUT2D eigenvalue weighted by molar-refractivity contribution is 7.09. The molecule has 38 heavy (non-hydrogen) atoms. The van der Waals surface area contributed by atoms with Crippen molar-refractivity contribution >= 4 is 52.3 Å². The Balaban J connectivity index is 1.41. The highest BCUT2D eigenvalue weighted by Crippen LogP contribution is 2.23. The normalized spacial score (nSPS) is 15.7. The standard InChI is InChI=1S/C28H29Cl2N3O4S/c29-21-6-5-20(24(30)16-21)10-13-32-18-27(36)33(14-11-23-2-1-15-38-23)25(28(32)37)17-26(35)31-12-9-19-3-7-22(34)8-4-19/h1-8,15-16,25,34H,9-14,17-18H2,(H,31,35). The van der Waals surface area contributed by atoms with Crippen LogP contribution in [0.3, 0.4) is 0 Å². The van der Waals surface area contributed by atoms with E-state index in [0.29, 0.717) is 48.9 Å². The Morgan fingerprint density at radius 2 is 1.82 bits per heavy atom. The van der Waals surface area contributed by atoms with E-state index in [4.69, 9.17) is 23.2 Å². The second-order valence-electron chi connectivity index (χ2n) is 9.15. The van der Waals surface area contributed by atoms with Crippen LogP contribution in [0.5, 0.6) is 5.75 Å². The molecule has 1 saturated heterocycles. The van der Waals surface area contributed by atoms with Gasteiger partial charge in [-0.2, -0.15) is 0 Å². The van der Waals surface area contributed by atoms with Crippen molar-refractivity contribution in [1.29, 1.82) is 0 Å². The predicted molar refractivity (Wildman–Crippen MR) is 150 cm³/mol. The van der Waals surface area contributed by atoms with Crippen LogP contribution in [-0.2, 0) is 33.6 Å². The first-order chi connectivity index (χ1) is 18.3. The number of piperazine rings is 1. The minimum atomic E-state index is -0.870. The monoisotopic (exact) mass is 573 g/mol. The molecule has 1 unspecified atom stereocenters. The summed E-state index contributed by atoms with van der Waals surface area (Å²) in [5, 5.41) is 15.3. The van der Waals surface area contributed by atoms with Crippen LogP contribution >= 0.6 is 34.5 Å². The summed E-state index contributed by atoms with van der Waals surface area (Å²) in [6.07, 6.45) is 1.56. The highest BCUT2D eigenvalue weighted by atomic mass is 35.5. The van der Waals surface area contributed by atoms with Crippen LogP contribution in [0.25, 0.3) is 0 Å². The first-order valence-electron chi connectivity index (χ1n) is 12.4. The second-order valence-corrected chi connectivity index (χ2v) is 11.0. The number of hydrogen-bond acceptors (Lipinski definition) is 5. The van der Waals surface area contributed by atoms with E-state index in [1.165, 1.54) is 4.90 Å². The molecule has 1 fully saturated rings. The quantitative estimate of drug-likeness (QED) is 0.357. The molecule has 1 aliphatic heterocycles. The van der Waals surface area contributed by atoms with E-state index in [1.807, 2.05) is 23.6 Å². The van der Waals surface area contributed by atoms with Crippen LogP contribution in [0.15, 0.2) is 60.0 Å². The number of hydrogen-bond donors (Lipinski definition) is 2. The van der Waals surface area contributed by atoms with Crippen LogP contribution in [-0.4, -0.2) is 64.8 Å². The van der Waals surface area contributed by atoms with Gasteiger partial charge in [0, 0.05) is 34.6 Å². The minimum absolute atomic E-state index is 0.0343. The molecule has 0 aliphatic carbocycles. The number of carbonyl (C=O) groups is 3. The van der Waals surface area contributed by atoms with E-state index >= 15 is 0 Å². The number of nitrogens with one attached hydrogen (secondary N) is 1. The molecule has 2 aromatic carbocycles. The Labute approximate surface area is 236 Å². The van der Waals surface area contributed by atoms with Crippen LogP contribution < -0.4 is 5.32 Å². The van der Waals surface area contributed by atoms with Crippen LogP contribution in [0, 0.1) is 0 Å². The number of halogens is 2. The first-order valence-corrected chi connectivity index (χ1v) is 14.0. The van der Waals surface area contributed by atoms with Crippen molar-refractivity contribution in [1.82, 2.24) is 15.1 Å². The molecular weight excluding hydrogens is 545 g/mol. The van der Waals surface area contributed by atoms with E-state index in [9.17, 15) is 19.5 Å². The number of benzene rings is 2. The number of carbonyl (C=O) groups excluding carboxylic acids is 3. The van der Waals surface area contributed by atoms with Gasteiger partial charge in [0.15, 0.2) is 0 Å². The zero-order chi connectivity index (χ0) is 27.1. The largest absolute Gasteiger partial charge is 0.508 e. The van der Waals surface area contributed by atoms with Crippen molar-refractivity contribution < 1.29 is 19.5 Å². The van der Waals surface area contributed by atoms with Crippen molar-refractivity contribution in [2.45, 2.75) is 31.7 Å². The van der Waals surface area contributed by atoms with Gasteiger partial charge in [-0.25, -0.2) is 0 Å². The van der Waals surface area contributed by atoms with Crippen molar-refractivity contribution in [2.24, 2.45) is 0 Å². The highest BCUT2D eigenvalue weighted by Gasteiger charge is 2.40. The molecule has 0 saturated carbocycles. The zero-order valence-corrected chi connectivity index (χ0v) is 23.1. The lowest BCUT2D eigenvalue weighted by Crippen LogP contribution is -2.61. The van der Waals surface area contributed by atoms with Gasteiger partial charge in [0.05, 0.1) is 13.0 Å². The molecule has 7 nitrogen and oxygen atoms in total. The summed E-state index contributed by atoms with van der Waals surface area (Å²) in [6.45, 7) is 1.02. The Morgan fingerprint density at radius 1 is 1.03 bits per heavy atom. The third kappa shape index (κ3) is 7.49. The number of rotatable bonds is 11. The average Bonchev–Trinajstić information content (AvgIpc) is 3.40. The summed E-state index contributed by atoms with van der Waals surface area (Å²) in [6, 6.07) is 15.1. The van der Waals surface area contributed by atoms with Crippen molar-refractivity contribution in [3.8, 4) is 5.75 Å². The molecule has 1 aliphatic rings. The fourth-order valence-corrected chi connectivity index (χ4v) is 5.64. The van der Waals surface area contributed by atoms with Gasteiger partial charge < -0.3 is 20.2 Å². The lowest BCUT2D eigenvalue weighted by atomic mass is 10.0. The summed E-state index contributed by atoms with van der Waals surface area (Å²) in [4.78, 5) is 43.8. The van der Waals surface area contributed by atoms with E-state index in [2.05, 4.69) is 5.32 Å². The number of thiophene rings is 1. The maximum atomic E-state index is 13.5. The fourth-order valence-electron chi connectivity index (χ4n) is 4.44. The first kappa shape index (κ1) is 28.0.